The van der Waals surface area contributed by atoms with Gasteiger partial charge in [-0.15, -0.1) is 0 Å². The van der Waals surface area contributed by atoms with Crippen LogP contribution in [0.5, 0.6) is 0 Å². The molecule has 0 aliphatic carbocycles. The van der Waals surface area contributed by atoms with Gasteiger partial charge in [0, 0.05) is 11.6 Å². The lowest BCUT2D eigenvalue weighted by Gasteiger charge is -2.37. The number of rotatable bonds is 3. The molecule has 0 bridgehead atoms. The molecule has 1 radical (unpaired) electrons. The molecule has 2 rings (SSSR count). The van der Waals surface area contributed by atoms with Crippen LogP contribution in [-0.2, 0) is 5.41 Å². The fourth-order valence-electron chi connectivity index (χ4n) is 2.70. The summed E-state index contributed by atoms with van der Waals surface area (Å²) in [7, 11) is 0. The highest BCUT2D eigenvalue weighted by molar-refractivity contribution is 5.34. The molecule has 1 saturated heterocycles. The number of benzene rings is 1. The Balaban J connectivity index is 2.23. The van der Waals surface area contributed by atoms with Gasteiger partial charge in [0.15, 0.2) is 0 Å². The Kier molecular flexibility index (Phi) is 4.16. The van der Waals surface area contributed by atoms with E-state index >= 15 is 0 Å². The van der Waals surface area contributed by atoms with Crippen molar-refractivity contribution in [1.29, 1.82) is 5.26 Å². The molecule has 19 heavy (non-hydrogen) atoms. The number of likely N-dealkylation sites (tertiary alicyclic amines) is 1. The van der Waals surface area contributed by atoms with Gasteiger partial charge in [-0.05, 0) is 45.0 Å². The third-order valence-corrected chi connectivity index (χ3v) is 3.84. The van der Waals surface area contributed by atoms with Crippen molar-refractivity contribution in [3.63, 3.8) is 0 Å². The molecule has 0 spiro atoms. The summed E-state index contributed by atoms with van der Waals surface area (Å²) >= 11 is 0. The van der Waals surface area contributed by atoms with Crippen molar-refractivity contribution in [2.24, 2.45) is 0 Å². The highest BCUT2D eigenvalue weighted by atomic mass is 19.1. The second-order valence-electron chi connectivity index (χ2n) is 5.01. The van der Waals surface area contributed by atoms with Crippen molar-refractivity contribution in [3.05, 3.63) is 42.3 Å². The highest BCUT2D eigenvalue weighted by Gasteiger charge is 2.38. The smallest absolute Gasteiger partial charge is 0.130 e. The molecule has 0 N–H and O–H groups in total. The Morgan fingerprint density at radius 2 is 2.00 bits per heavy atom. The maximum Gasteiger partial charge on any atom is 0.130 e. The molecule has 0 aromatic heterocycles. The molecule has 1 aliphatic rings. The molecule has 4 heteroatoms. The molecule has 0 unspecified atom stereocenters. The summed E-state index contributed by atoms with van der Waals surface area (Å²) in [5, 5.41) is 9.46. The molecule has 2 nitrogen and oxygen atoms in total. The quantitative estimate of drug-likeness (QED) is 0.838. The molecular weight excluding hydrogens is 246 g/mol. The number of nitriles is 1. The van der Waals surface area contributed by atoms with E-state index in [9.17, 15) is 14.0 Å². The summed E-state index contributed by atoms with van der Waals surface area (Å²) in [6, 6.07) is 5.74. The van der Waals surface area contributed by atoms with E-state index in [1.807, 2.05) is 0 Å². The zero-order chi connectivity index (χ0) is 13.9. The van der Waals surface area contributed by atoms with Gasteiger partial charge in [0.1, 0.15) is 11.6 Å². The average molecular weight is 263 g/mol. The molecule has 0 amide bonds. The SMILES string of the molecule is [CH2]CCN1CCC(C#N)(c2ccc(F)cc2F)CC1. The fourth-order valence-corrected chi connectivity index (χ4v) is 2.70. The molecule has 1 aliphatic heterocycles. The largest absolute Gasteiger partial charge is 0.303 e. The molecule has 0 atom stereocenters. The van der Waals surface area contributed by atoms with E-state index in [2.05, 4.69) is 17.9 Å². The molecule has 1 aromatic carbocycles. The van der Waals surface area contributed by atoms with Gasteiger partial charge >= 0.3 is 0 Å². The van der Waals surface area contributed by atoms with Crippen LogP contribution in [0.4, 0.5) is 8.78 Å². The van der Waals surface area contributed by atoms with Crippen LogP contribution >= 0.6 is 0 Å². The predicted octanol–water partition coefficient (Wildman–Crippen LogP) is 3.05. The number of hydrogen-bond acceptors (Lipinski definition) is 2. The molecule has 1 fully saturated rings. The molecular formula is C15H17F2N2. The third-order valence-electron chi connectivity index (χ3n) is 3.84. The van der Waals surface area contributed by atoms with E-state index in [1.165, 1.54) is 12.1 Å². The number of nitrogens with zero attached hydrogens (tertiary/aromatic N) is 2. The molecule has 0 saturated carbocycles. The Morgan fingerprint density at radius 3 is 2.53 bits per heavy atom. The average Bonchev–Trinajstić information content (AvgIpc) is 2.40. The van der Waals surface area contributed by atoms with E-state index in [1.54, 1.807) is 0 Å². The second-order valence-corrected chi connectivity index (χ2v) is 5.01. The van der Waals surface area contributed by atoms with Gasteiger partial charge in [-0.25, -0.2) is 8.78 Å². The van der Waals surface area contributed by atoms with E-state index in [-0.39, 0.29) is 0 Å². The van der Waals surface area contributed by atoms with Gasteiger partial charge < -0.3 is 4.90 Å². The summed E-state index contributed by atoms with van der Waals surface area (Å²) in [5.41, 5.74) is -0.499. The van der Waals surface area contributed by atoms with Gasteiger partial charge in [-0.3, -0.25) is 0 Å². The first-order valence-electron chi connectivity index (χ1n) is 6.50. The first-order chi connectivity index (χ1) is 9.11. The summed E-state index contributed by atoms with van der Waals surface area (Å²) < 4.78 is 26.9. The topological polar surface area (TPSA) is 27.0 Å². The Bertz CT molecular complexity index is 485. The zero-order valence-electron chi connectivity index (χ0n) is 10.8. The van der Waals surface area contributed by atoms with Crippen molar-refractivity contribution in [2.75, 3.05) is 19.6 Å². The van der Waals surface area contributed by atoms with Crippen molar-refractivity contribution in [1.82, 2.24) is 4.90 Å². The van der Waals surface area contributed by atoms with Crippen LogP contribution in [0.25, 0.3) is 0 Å². The summed E-state index contributed by atoms with van der Waals surface area (Å²) in [6.45, 7) is 6.21. The fraction of sp³-hybridized carbons (Fsp3) is 0.467. The lowest BCUT2D eigenvalue weighted by atomic mass is 9.74. The van der Waals surface area contributed by atoms with Crippen LogP contribution in [0.15, 0.2) is 18.2 Å². The molecule has 1 aromatic rings. The van der Waals surface area contributed by atoms with Gasteiger partial charge in [-0.2, -0.15) is 5.26 Å². The maximum absolute atomic E-state index is 13.9. The van der Waals surface area contributed by atoms with Crippen LogP contribution in [0.3, 0.4) is 0 Å². The lowest BCUT2D eigenvalue weighted by molar-refractivity contribution is 0.186. The van der Waals surface area contributed by atoms with Crippen LogP contribution in [0, 0.1) is 29.9 Å². The zero-order valence-corrected chi connectivity index (χ0v) is 10.8. The maximum atomic E-state index is 13.9. The standard InChI is InChI=1S/C15H17F2N2/c1-2-7-19-8-5-15(11-18,6-9-19)13-4-3-12(16)10-14(13)17/h3-4,10H,1-2,5-9H2. The van der Waals surface area contributed by atoms with Crippen molar-refractivity contribution < 1.29 is 8.78 Å². The first kappa shape index (κ1) is 14.0. The van der Waals surface area contributed by atoms with Crippen molar-refractivity contribution in [2.45, 2.75) is 24.7 Å². The minimum absolute atomic E-state index is 0.325. The third kappa shape index (κ3) is 2.76. The van der Waals surface area contributed by atoms with Gasteiger partial charge in [0.05, 0.1) is 11.5 Å². The van der Waals surface area contributed by atoms with Gasteiger partial charge in [0.2, 0.25) is 0 Å². The van der Waals surface area contributed by atoms with Crippen LogP contribution in [-0.4, -0.2) is 24.5 Å². The monoisotopic (exact) mass is 263 g/mol. The lowest BCUT2D eigenvalue weighted by Crippen LogP contribution is -2.42. The summed E-state index contributed by atoms with van der Waals surface area (Å²) in [6.07, 6.45) is 1.97. The van der Waals surface area contributed by atoms with Crippen LogP contribution in [0.1, 0.15) is 24.8 Å². The highest BCUT2D eigenvalue weighted by Crippen LogP contribution is 2.36. The number of piperidine rings is 1. The number of hydrogen-bond donors (Lipinski definition) is 0. The Labute approximate surface area is 112 Å². The summed E-state index contributed by atoms with van der Waals surface area (Å²) in [4.78, 5) is 2.23. The van der Waals surface area contributed by atoms with E-state index in [0.29, 0.717) is 18.4 Å². The predicted molar refractivity (Wildman–Crippen MR) is 69.3 cm³/mol. The van der Waals surface area contributed by atoms with E-state index in [4.69, 9.17) is 0 Å². The van der Waals surface area contributed by atoms with Gasteiger partial charge in [-0.1, -0.05) is 13.0 Å². The van der Waals surface area contributed by atoms with E-state index in [0.717, 1.165) is 32.1 Å². The Hall–Kier alpha value is -1.47. The van der Waals surface area contributed by atoms with Crippen molar-refractivity contribution >= 4 is 0 Å². The van der Waals surface area contributed by atoms with Crippen LogP contribution in [0.2, 0.25) is 0 Å². The molecule has 1 heterocycles. The second kappa shape index (κ2) is 5.66. The molecule has 101 valence electrons. The van der Waals surface area contributed by atoms with Gasteiger partial charge in [0.25, 0.3) is 0 Å². The minimum atomic E-state index is -0.824. The number of halogens is 2. The first-order valence-corrected chi connectivity index (χ1v) is 6.50. The van der Waals surface area contributed by atoms with Crippen LogP contribution < -0.4 is 0 Å². The van der Waals surface area contributed by atoms with E-state index < -0.39 is 17.0 Å². The van der Waals surface area contributed by atoms with Crippen molar-refractivity contribution in [3.8, 4) is 6.07 Å². The normalized spacial score (nSPS) is 19.1. The minimum Gasteiger partial charge on any atom is -0.303 e. The Morgan fingerprint density at radius 1 is 1.32 bits per heavy atom. The summed E-state index contributed by atoms with van der Waals surface area (Å²) in [5.74, 6) is -1.23.